The van der Waals surface area contributed by atoms with Crippen LogP contribution in [0.5, 0.6) is 5.75 Å². The van der Waals surface area contributed by atoms with E-state index in [0.29, 0.717) is 0 Å². The van der Waals surface area contributed by atoms with Crippen molar-refractivity contribution in [3.8, 4) is 17.1 Å². The zero-order chi connectivity index (χ0) is 20.7. The van der Waals surface area contributed by atoms with E-state index >= 15 is 0 Å². The smallest absolute Gasteiger partial charge is 0.416 e. The SMILES string of the molecule is COc1cc(-c2ncn(/C(C)=C\C(=O)N3CC(F)(F)C3)n2)cc(C(F)(F)F)c1. The van der Waals surface area contributed by atoms with Crippen LogP contribution in [0.4, 0.5) is 22.0 Å². The molecule has 0 aliphatic carbocycles. The Hall–Kier alpha value is -2.98. The van der Waals surface area contributed by atoms with Crippen LogP contribution in [0.3, 0.4) is 0 Å². The second-order valence-electron chi connectivity index (χ2n) is 6.30. The van der Waals surface area contributed by atoms with E-state index in [9.17, 15) is 26.7 Å². The maximum Gasteiger partial charge on any atom is 0.416 e. The molecule has 1 aromatic carbocycles. The van der Waals surface area contributed by atoms with Gasteiger partial charge in [0.2, 0.25) is 5.91 Å². The zero-order valence-electron chi connectivity index (χ0n) is 14.8. The fraction of sp³-hybridized carbons (Fsp3) is 0.353. The summed E-state index contributed by atoms with van der Waals surface area (Å²) in [4.78, 5) is 16.9. The average Bonchev–Trinajstić information content (AvgIpc) is 3.08. The Morgan fingerprint density at radius 2 is 1.93 bits per heavy atom. The van der Waals surface area contributed by atoms with Gasteiger partial charge >= 0.3 is 6.18 Å². The lowest BCUT2D eigenvalue weighted by Crippen LogP contribution is -2.58. The summed E-state index contributed by atoms with van der Waals surface area (Å²) in [5, 5.41) is 4.06. The Labute approximate surface area is 156 Å². The zero-order valence-corrected chi connectivity index (χ0v) is 14.8. The van der Waals surface area contributed by atoms with Gasteiger partial charge in [-0.05, 0) is 25.1 Å². The molecule has 0 bridgehead atoms. The van der Waals surface area contributed by atoms with E-state index in [2.05, 4.69) is 10.1 Å². The van der Waals surface area contributed by atoms with Gasteiger partial charge in [0.25, 0.3) is 5.92 Å². The van der Waals surface area contributed by atoms with Gasteiger partial charge in [0.15, 0.2) is 5.82 Å². The molecule has 0 saturated carbocycles. The van der Waals surface area contributed by atoms with E-state index < -0.39 is 36.7 Å². The molecule has 2 aromatic rings. The van der Waals surface area contributed by atoms with Crippen molar-refractivity contribution >= 4 is 11.6 Å². The number of halogens is 5. The van der Waals surface area contributed by atoms with E-state index in [1.165, 1.54) is 31.1 Å². The molecular weight excluding hydrogens is 387 g/mol. The molecule has 0 spiro atoms. The van der Waals surface area contributed by atoms with E-state index in [1.807, 2.05) is 0 Å². The van der Waals surface area contributed by atoms with Crippen LogP contribution in [0, 0.1) is 0 Å². The van der Waals surface area contributed by atoms with Crippen molar-refractivity contribution in [1.82, 2.24) is 19.7 Å². The molecule has 1 aliphatic heterocycles. The highest BCUT2D eigenvalue weighted by molar-refractivity contribution is 5.92. The van der Waals surface area contributed by atoms with E-state index in [4.69, 9.17) is 4.74 Å². The summed E-state index contributed by atoms with van der Waals surface area (Å²) < 4.78 is 70.9. The number of rotatable bonds is 4. The maximum absolute atomic E-state index is 13.0. The predicted octanol–water partition coefficient (Wildman–Crippen LogP) is 3.31. The van der Waals surface area contributed by atoms with Crippen LogP contribution in [0.2, 0.25) is 0 Å². The molecule has 0 radical (unpaired) electrons. The number of benzene rings is 1. The highest BCUT2D eigenvalue weighted by Gasteiger charge is 2.45. The Morgan fingerprint density at radius 3 is 2.50 bits per heavy atom. The molecule has 0 atom stereocenters. The Bertz CT molecular complexity index is 928. The van der Waals surface area contributed by atoms with Gasteiger partial charge in [-0.1, -0.05) is 0 Å². The van der Waals surface area contributed by atoms with Gasteiger partial charge < -0.3 is 9.64 Å². The Morgan fingerprint density at radius 1 is 1.25 bits per heavy atom. The number of methoxy groups -OCH3 is 1. The molecule has 1 aromatic heterocycles. The summed E-state index contributed by atoms with van der Waals surface area (Å²) in [7, 11) is 1.24. The first-order chi connectivity index (χ1) is 13.0. The maximum atomic E-state index is 13.0. The summed E-state index contributed by atoms with van der Waals surface area (Å²) in [5.74, 6) is -3.51. The van der Waals surface area contributed by atoms with Crippen molar-refractivity contribution in [2.24, 2.45) is 0 Å². The molecule has 3 rings (SSSR count). The highest BCUT2D eigenvalue weighted by atomic mass is 19.4. The molecule has 1 amide bonds. The number of ether oxygens (including phenoxy) is 1. The lowest BCUT2D eigenvalue weighted by atomic mass is 10.1. The minimum atomic E-state index is -4.58. The number of nitrogens with zero attached hydrogens (tertiary/aromatic N) is 4. The minimum Gasteiger partial charge on any atom is -0.497 e. The topological polar surface area (TPSA) is 60.3 Å². The van der Waals surface area contributed by atoms with Crippen LogP contribution in [0.1, 0.15) is 12.5 Å². The first-order valence-corrected chi connectivity index (χ1v) is 8.02. The fourth-order valence-corrected chi connectivity index (χ4v) is 2.58. The number of hydrogen-bond donors (Lipinski definition) is 0. The quantitative estimate of drug-likeness (QED) is 0.582. The summed E-state index contributed by atoms with van der Waals surface area (Å²) in [6, 6.07) is 3.09. The Kier molecular flexibility index (Phi) is 4.86. The first-order valence-electron chi connectivity index (χ1n) is 8.02. The van der Waals surface area contributed by atoms with Gasteiger partial charge in [0.1, 0.15) is 12.1 Å². The van der Waals surface area contributed by atoms with Crippen LogP contribution in [-0.2, 0) is 11.0 Å². The largest absolute Gasteiger partial charge is 0.497 e. The van der Waals surface area contributed by atoms with E-state index in [1.54, 1.807) is 0 Å². The molecule has 150 valence electrons. The molecule has 6 nitrogen and oxygen atoms in total. The number of aromatic nitrogens is 3. The standard InChI is InChI=1S/C17H15F5N4O2/c1-10(3-14(27)25-7-16(18,19)8-25)26-9-23-15(24-26)11-4-12(17(20,21)22)6-13(5-11)28-2/h3-6,9H,7-8H2,1-2H3/b10-3-. The van der Waals surface area contributed by atoms with Crippen molar-refractivity contribution in [2.45, 2.75) is 19.0 Å². The molecule has 1 aliphatic rings. The normalized spacial score (nSPS) is 16.7. The highest BCUT2D eigenvalue weighted by Crippen LogP contribution is 2.35. The van der Waals surface area contributed by atoms with Crippen LogP contribution >= 0.6 is 0 Å². The van der Waals surface area contributed by atoms with Gasteiger partial charge in [-0.25, -0.2) is 18.4 Å². The predicted molar refractivity (Wildman–Crippen MR) is 88.5 cm³/mol. The number of allylic oxidation sites excluding steroid dienone is 1. The number of carbonyl (C=O) groups excluding carboxylic acids is 1. The van der Waals surface area contributed by atoms with E-state index in [-0.39, 0.29) is 22.8 Å². The molecule has 1 saturated heterocycles. The third kappa shape index (κ3) is 4.12. The lowest BCUT2D eigenvalue weighted by Gasteiger charge is -2.38. The van der Waals surface area contributed by atoms with Gasteiger partial charge in [-0.3, -0.25) is 4.79 Å². The van der Waals surface area contributed by atoms with Crippen molar-refractivity contribution in [3.05, 3.63) is 36.2 Å². The monoisotopic (exact) mass is 402 g/mol. The molecule has 11 heteroatoms. The number of amides is 1. The molecule has 0 unspecified atom stereocenters. The number of alkyl halides is 5. The van der Waals surface area contributed by atoms with Gasteiger partial charge in [0, 0.05) is 17.3 Å². The van der Waals surface area contributed by atoms with Crippen molar-refractivity contribution in [3.63, 3.8) is 0 Å². The van der Waals surface area contributed by atoms with Crippen LogP contribution in [0.25, 0.3) is 17.1 Å². The first kappa shape index (κ1) is 19.8. The molecular formula is C17H15F5N4O2. The minimum absolute atomic E-state index is 0.0117. The third-order valence-corrected chi connectivity index (χ3v) is 4.07. The van der Waals surface area contributed by atoms with Crippen LogP contribution in [0.15, 0.2) is 30.6 Å². The second-order valence-corrected chi connectivity index (χ2v) is 6.30. The third-order valence-electron chi connectivity index (χ3n) is 4.07. The van der Waals surface area contributed by atoms with Crippen molar-refractivity contribution < 1.29 is 31.5 Å². The fourth-order valence-electron chi connectivity index (χ4n) is 2.58. The summed E-state index contributed by atoms with van der Waals surface area (Å²) in [5.41, 5.74) is -0.566. The number of hydrogen-bond acceptors (Lipinski definition) is 4. The molecule has 28 heavy (non-hydrogen) atoms. The van der Waals surface area contributed by atoms with Crippen molar-refractivity contribution in [1.29, 1.82) is 0 Å². The van der Waals surface area contributed by atoms with Gasteiger partial charge in [-0.15, -0.1) is 5.10 Å². The van der Waals surface area contributed by atoms with Gasteiger partial charge in [-0.2, -0.15) is 13.2 Å². The number of likely N-dealkylation sites (tertiary alicyclic amines) is 1. The van der Waals surface area contributed by atoms with E-state index in [0.717, 1.165) is 23.1 Å². The molecule has 0 N–H and O–H groups in total. The van der Waals surface area contributed by atoms with Crippen LogP contribution < -0.4 is 4.74 Å². The summed E-state index contributed by atoms with van der Waals surface area (Å²) >= 11 is 0. The molecule has 1 fully saturated rings. The Balaban J connectivity index is 1.84. The van der Waals surface area contributed by atoms with Gasteiger partial charge in [0.05, 0.1) is 25.8 Å². The summed E-state index contributed by atoms with van der Waals surface area (Å²) in [6.07, 6.45) is -2.25. The lowest BCUT2D eigenvalue weighted by molar-refractivity contribution is -0.160. The van der Waals surface area contributed by atoms with Crippen LogP contribution in [-0.4, -0.2) is 51.7 Å². The summed E-state index contributed by atoms with van der Waals surface area (Å²) in [6.45, 7) is 0.200. The second kappa shape index (κ2) is 6.88. The number of carbonyl (C=O) groups is 1. The molecule has 2 heterocycles. The van der Waals surface area contributed by atoms with Crippen molar-refractivity contribution in [2.75, 3.05) is 20.2 Å². The average molecular weight is 402 g/mol.